The first-order valence-corrected chi connectivity index (χ1v) is 8.20. The summed E-state index contributed by atoms with van der Waals surface area (Å²) in [5.74, 6) is -1.57. The Bertz CT molecular complexity index is 961. The van der Waals surface area contributed by atoms with Crippen LogP contribution in [0.15, 0.2) is 48.0 Å². The number of benzene rings is 2. The summed E-state index contributed by atoms with van der Waals surface area (Å²) in [6.07, 6.45) is 1.36. The highest BCUT2D eigenvalue weighted by molar-refractivity contribution is 7.80. The highest BCUT2D eigenvalue weighted by Gasteiger charge is 2.35. The maximum absolute atomic E-state index is 14.1. The van der Waals surface area contributed by atoms with Gasteiger partial charge in [-0.15, -0.1) is 0 Å². The first kappa shape index (κ1) is 18.0. The zero-order valence-electron chi connectivity index (χ0n) is 13.5. The van der Waals surface area contributed by atoms with E-state index in [9.17, 15) is 14.0 Å². The van der Waals surface area contributed by atoms with Gasteiger partial charge in [0.1, 0.15) is 17.1 Å². The van der Waals surface area contributed by atoms with Crippen molar-refractivity contribution in [3.8, 4) is 5.75 Å². The lowest BCUT2D eigenvalue weighted by atomic mass is 10.1. The largest absolute Gasteiger partial charge is 0.495 e. The zero-order valence-corrected chi connectivity index (χ0v) is 15.0. The van der Waals surface area contributed by atoms with Gasteiger partial charge in [-0.1, -0.05) is 29.8 Å². The Kier molecular flexibility index (Phi) is 5.01. The van der Waals surface area contributed by atoms with Gasteiger partial charge in [0.15, 0.2) is 5.11 Å². The third-order valence-electron chi connectivity index (χ3n) is 3.68. The van der Waals surface area contributed by atoms with E-state index in [1.165, 1.54) is 31.4 Å². The van der Waals surface area contributed by atoms with Crippen molar-refractivity contribution >= 4 is 52.5 Å². The van der Waals surface area contributed by atoms with Gasteiger partial charge in [-0.05, 0) is 48.1 Å². The molecule has 1 saturated heterocycles. The van der Waals surface area contributed by atoms with Crippen LogP contribution in [0.4, 0.5) is 10.1 Å². The van der Waals surface area contributed by atoms with Gasteiger partial charge in [-0.2, -0.15) is 0 Å². The Morgan fingerprint density at radius 2 is 1.96 bits per heavy atom. The number of para-hydroxylation sites is 1. The van der Waals surface area contributed by atoms with Crippen LogP contribution in [-0.4, -0.2) is 24.0 Å². The summed E-state index contributed by atoms with van der Waals surface area (Å²) in [6, 6.07) is 10.5. The van der Waals surface area contributed by atoms with Crippen LogP contribution in [0.5, 0.6) is 5.75 Å². The molecule has 0 bridgehead atoms. The lowest BCUT2D eigenvalue weighted by Crippen LogP contribution is -2.54. The molecule has 2 aromatic carbocycles. The summed E-state index contributed by atoms with van der Waals surface area (Å²) in [5.41, 5.74) is 0.278. The minimum atomic E-state index is -0.726. The molecule has 0 unspecified atom stereocenters. The van der Waals surface area contributed by atoms with E-state index in [0.29, 0.717) is 16.3 Å². The molecule has 0 aliphatic carbocycles. The molecule has 132 valence electrons. The second-order valence-corrected chi connectivity index (χ2v) is 6.10. The number of thiocarbonyl (C=S) groups is 1. The summed E-state index contributed by atoms with van der Waals surface area (Å²) < 4.78 is 19.2. The Labute approximate surface area is 159 Å². The number of nitrogens with one attached hydrogen (secondary N) is 1. The van der Waals surface area contributed by atoms with Crippen molar-refractivity contribution in [3.63, 3.8) is 0 Å². The SMILES string of the molecule is COc1ccc(C=C2C(=O)NC(=S)N(c3ccccc3F)C2=O)cc1Cl. The van der Waals surface area contributed by atoms with Crippen LogP contribution in [0.1, 0.15) is 5.56 Å². The maximum Gasteiger partial charge on any atom is 0.270 e. The number of methoxy groups -OCH3 is 1. The number of hydrogen-bond donors (Lipinski definition) is 1. The van der Waals surface area contributed by atoms with Gasteiger partial charge < -0.3 is 4.74 Å². The summed E-state index contributed by atoms with van der Waals surface area (Å²) in [6.45, 7) is 0. The summed E-state index contributed by atoms with van der Waals surface area (Å²) in [5, 5.41) is 2.54. The molecule has 8 heteroatoms. The average molecular weight is 391 g/mol. The fourth-order valence-corrected chi connectivity index (χ4v) is 2.99. The lowest BCUT2D eigenvalue weighted by molar-refractivity contribution is -0.122. The molecule has 2 amide bonds. The smallest absolute Gasteiger partial charge is 0.270 e. The van der Waals surface area contributed by atoms with Crippen LogP contribution >= 0.6 is 23.8 Å². The third kappa shape index (κ3) is 3.31. The molecule has 3 rings (SSSR count). The number of carbonyl (C=O) groups is 2. The van der Waals surface area contributed by atoms with E-state index in [2.05, 4.69) is 5.32 Å². The van der Waals surface area contributed by atoms with Crippen LogP contribution in [0.25, 0.3) is 6.08 Å². The van der Waals surface area contributed by atoms with Gasteiger partial charge in [-0.25, -0.2) is 9.29 Å². The molecule has 26 heavy (non-hydrogen) atoms. The van der Waals surface area contributed by atoms with E-state index >= 15 is 0 Å². The summed E-state index contributed by atoms with van der Waals surface area (Å²) in [4.78, 5) is 26.0. The number of carbonyl (C=O) groups excluding carboxylic acids is 2. The standard InChI is InChI=1S/C18H12ClFN2O3S/c1-25-15-7-6-10(9-12(15)19)8-11-16(23)21-18(26)22(17(11)24)14-5-3-2-4-13(14)20/h2-9H,1H3,(H,21,23,26). The Hall–Kier alpha value is -2.77. The molecule has 1 heterocycles. The van der Waals surface area contributed by atoms with Gasteiger partial charge >= 0.3 is 0 Å². The topological polar surface area (TPSA) is 58.6 Å². The van der Waals surface area contributed by atoms with Crippen LogP contribution in [0.3, 0.4) is 0 Å². The lowest BCUT2D eigenvalue weighted by Gasteiger charge is -2.29. The van der Waals surface area contributed by atoms with Crippen molar-refractivity contribution in [2.75, 3.05) is 12.0 Å². The van der Waals surface area contributed by atoms with Crippen LogP contribution in [0, 0.1) is 5.82 Å². The fraction of sp³-hybridized carbons (Fsp3) is 0.0556. The molecular weight excluding hydrogens is 379 g/mol. The number of ether oxygens (including phenoxy) is 1. The number of rotatable bonds is 3. The van der Waals surface area contributed by atoms with Gasteiger partial charge in [0, 0.05) is 0 Å². The molecule has 2 aromatic rings. The van der Waals surface area contributed by atoms with Gasteiger partial charge in [0.05, 0.1) is 17.8 Å². The first-order chi connectivity index (χ1) is 12.4. The minimum Gasteiger partial charge on any atom is -0.495 e. The number of halogens is 2. The number of anilines is 1. The van der Waals surface area contributed by atoms with Crippen molar-refractivity contribution in [2.24, 2.45) is 0 Å². The molecule has 0 atom stereocenters. The molecule has 0 radical (unpaired) electrons. The first-order valence-electron chi connectivity index (χ1n) is 7.42. The molecule has 1 aliphatic heterocycles. The fourth-order valence-electron chi connectivity index (χ4n) is 2.45. The Morgan fingerprint density at radius 3 is 2.62 bits per heavy atom. The Morgan fingerprint density at radius 1 is 1.23 bits per heavy atom. The molecule has 1 fully saturated rings. The predicted octanol–water partition coefficient (Wildman–Crippen LogP) is 3.32. The number of nitrogens with zero attached hydrogens (tertiary/aromatic N) is 1. The molecule has 0 spiro atoms. The van der Waals surface area contributed by atoms with Crippen molar-refractivity contribution < 1.29 is 18.7 Å². The Balaban J connectivity index is 2.03. The van der Waals surface area contributed by atoms with E-state index in [4.69, 9.17) is 28.6 Å². The van der Waals surface area contributed by atoms with Crippen LogP contribution in [0.2, 0.25) is 5.02 Å². The van der Waals surface area contributed by atoms with E-state index < -0.39 is 17.6 Å². The van der Waals surface area contributed by atoms with Crippen molar-refractivity contribution in [1.29, 1.82) is 0 Å². The molecule has 0 saturated carbocycles. The number of amides is 2. The molecule has 0 aromatic heterocycles. The average Bonchev–Trinajstić information content (AvgIpc) is 2.60. The van der Waals surface area contributed by atoms with Gasteiger partial charge in [0.25, 0.3) is 11.8 Å². The molecular formula is C18H12ClFN2O3S. The van der Waals surface area contributed by atoms with Gasteiger partial charge in [0.2, 0.25) is 0 Å². The highest BCUT2D eigenvalue weighted by atomic mass is 35.5. The van der Waals surface area contributed by atoms with Crippen molar-refractivity contribution in [2.45, 2.75) is 0 Å². The second-order valence-electron chi connectivity index (χ2n) is 5.30. The van der Waals surface area contributed by atoms with Crippen molar-refractivity contribution in [3.05, 3.63) is 64.4 Å². The highest BCUT2D eigenvalue weighted by Crippen LogP contribution is 2.28. The van der Waals surface area contributed by atoms with E-state index in [1.54, 1.807) is 24.3 Å². The molecule has 5 nitrogen and oxygen atoms in total. The predicted molar refractivity (Wildman–Crippen MR) is 101 cm³/mol. The quantitative estimate of drug-likeness (QED) is 0.496. The summed E-state index contributed by atoms with van der Waals surface area (Å²) >= 11 is 11.1. The second kappa shape index (κ2) is 7.23. The van der Waals surface area contributed by atoms with Crippen LogP contribution in [-0.2, 0) is 9.59 Å². The molecule has 1 N–H and O–H groups in total. The van der Waals surface area contributed by atoms with E-state index in [-0.39, 0.29) is 16.4 Å². The van der Waals surface area contributed by atoms with E-state index in [1.807, 2.05) is 0 Å². The maximum atomic E-state index is 14.1. The normalized spacial score (nSPS) is 16.0. The van der Waals surface area contributed by atoms with E-state index in [0.717, 1.165) is 4.90 Å². The molecule has 1 aliphatic rings. The van der Waals surface area contributed by atoms with Crippen molar-refractivity contribution in [1.82, 2.24) is 5.32 Å². The summed E-state index contributed by atoms with van der Waals surface area (Å²) in [7, 11) is 1.48. The zero-order chi connectivity index (χ0) is 18.8. The monoisotopic (exact) mass is 390 g/mol. The van der Waals surface area contributed by atoms with Crippen LogP contribution < -0.4 is 15.0 Å². The minimum absolute atomic E-state index is 0.0406. The van der Waals surface area contributed by atoms with Gasteiger partial charge in [-0.3, -0.25) is 14.9 Å². The number of hydrogen-bond acceptors (Lipinski definition) is 4. The third-order valence-corrected chi connectivity index (χ3v) is 4.26.